The van der Waals surface area contributed by atoms with Crippen molar-refractivity contribution in [2.45, 2.75) is 26.7 Å². The Morgan fingerprint density at radius 2 is 2.22 bits per heavy atom. The van der Waals surface area contributed by atoms with Crippen LogP contribution in [0.25, 0.3) is 0 Å². The molecular weight excluding hydrogens is 254 g/mol. The van der Waals surface area contributed by atoms with Crippen LogP contribution in [0.5, 0.6) is 0 Å². The number of nitrogens with one attached hydrogen (secondary N) is 1. The average molecular weight is 270 g/mol. The number of anilines is 1. The summed E-state index contributed by atoms with van der Waals surface area (Å²) in [4.78, 5) is 14.4. The van der Waals surface area contributed by atoms with Gasteiger partial charge in [-0.1, -0.05) is 25.4 Å². The van der Waals surface area contributed by atoms with Gasteiger partial charge in [-0.05, 0) is 30.2 Å². The molecule has 0 spiro atoms. The molecule has 1 fully saturated rings. The van der Waals surface area contributed by atoms with Gasteiger partial charge in [0.15, 0.2) is 0 Å². The van der Waals surface area contributed by atoms with Crippen molar-refractivity contribution in [3.8, 4) is 0 Å². The molecule has 1 heterocycles. The van der Waals surface area contributed by atoms with Crippen molar-refractivity contribution in [2.24, 2.45) is 11.3 Å². The van der Waals surface area contributed by atoms with E-state index in [4.69, 9.17) is 11.6 Å². The molecule has 1 saturated carbocycles. The Bertz CT molecular complexity index is 472. The highest BCUT2D eigenvalue weighted by Crippen LogP contribution is 2.51. The number of aromatic nitrogens is 1. The summed E-state index contributed by atoms with van der Waals surface area (Å²) in [5, 5.41) is 14.2. The first kappa shape index (κ1) is 13.1. The largest absolute Gasteiger partial charge is 0.364 e. The van der Waals surface area contributed by atoms with Crippen LogP contribution in [0.2, 0.25) is 5.15 Å². The lowest BCUT2D eigenvalue weighted by Gasteiger charge is -2.20. The number of nitrogens with zero attached hydrogens (tertiary/aromatic N) is 2. The molecule has 1 aliphatic rings. The monoisotopic (exact) mass is 269 g/mol. The summed E-state index contributed by atoms with van der Waals surface area (Å²) in [6, 6.07) is 2.81. The van der Waals surface area contributed by atoms with Crippen LogP contribution in [-0.4, -0.2) is 16.5 Å². The Balaban J connectivity index is 2.14. The molecule has 0 saturated heterocycles. The van der Waals surface area contributed by atoms with Crippen LogP contribution in [0.15, 0.2) is 12.1 Å². The quantitative estimate of drug-likeness (QED) is 0.505. The number of pyridine rings is 1. The van der Waals surface area contributed by atoms with Gasteiger partial charge in [-0.15, -0.1) is 0 Å². The minimum absolute atomic E-state index is 0.0287. The molecular formula is C12H16ClN3O2. The highest BCUT2D eigenvalue weighted by atomic mass is 35.5. The minimum Gasteiger partial charge on any atom is -0.364 e. The first-order valence-electron chi connectivity index (χ1n) is 5.99. The number of hydrogen-bond donors (Lipinski definition) is 1. The van der Waals surface area contributed by atoms with Crippen molar-refractivity contribution >= 4 is 23.1 Å². The maximum Gasteiger partial charge on any atom is 0.311 e. The fourth-order valence-electron chi connectivity index (χ4n) is 2.08. The third kappa shape index (κ3) is 2.56. The van der Waals surface area contributed by atoms with Crippen molar-refractivity contribution < 1.29 is 4.92 Å². The molecule has 0 aliphatic heterocycles. The normalized spacial score (nSPS) is 16.7. The zero-order valence-corrected chi connectivity index (χ0v) is 11.2. The molecule has 18 heavy (non-hydrogen) atoms. The zero-order valence-electron chi connectivity index (χ0n) is 10.4. The first-order chi connectivity index (χ1) is 8.44. The van der Waals surface area contributed by atoms with Crippen LogP contribution in [0, 0.1) is 21.4 Å². The summed E-state index contributed by atoms with van der Waals surface area (Å²) in [7, 11) is 0. The van der Waals surface area contributed by atoms with Crippen molar-refractivity contribution in [3.05, 3.63) is 27.4 Å². The van der Waals surface area contributed by atoms with E-state index in [0.29, 0.717) is 12.5 Å². The fourth-order valence-corrected chi connectivity index (χ4v) is 2.23. The fraction of sp³-hybridized carbons (Fsp3) is 0.583. The maximum atomic E-state index is 10.9. The molecule has 1 aromatic rings. The molecule has 1 N–H and O–H groups in total. The van der Waals surface area contributed by atoms with E-state index in [0.717, 1.165) is 12.8 Å². The van der Waals surface area contributed by atoms with Crippen LogP contribution in [0.1, 0.15) is 26.7 Å². The molecule has 0 amide bonds. The van der Waals surface area contributed by atoms with E-state index in [9.17, 15) is 10.1 Å². The van der Waals surface area contributed by atoms with Gasteiger partial charge >= 0.3 is 5.69 Å². The predicted molar refractivity (Wildman–Crippen MR) is 70.9 cm³/mol. The summed E-state index contributed by atoms with van der Waals surface area (Å²) in [6.07, 6.45) is 2.32. The second kappa shape index (κ2) is 4.72. The minimum atomic E-state index is -0.444. The SMILES string of the molecule is CC(C)C1(CNc2nc(Cl)ccc2[N+](=O)[O-])CC1. The Kier molecular flexibility index (Phi) is 3.43. The Morgan fingerprint density at radius 1 is 1.56 bits per heavy atom. The summed E-state index contributed by atoms with van der Waals surface area (Å²) >= 11 is 5.78. The lowest BCUT2D eigenvalue weighted by Crippen LogP contribution is -2.21. The molecule has 6 heteroatoms. The van der Waals surface area contributed by atoms with Crippen LogP contribution in [0.3, 0.4) is 0 Å². The number of nitro groups is 1. The van der Waals surface area contributed by atoms with E-state index in [-0.39, 0.29) is 22.1 Å². The Hall–Kier alpha value is -1.36. The Labute approximate surface area is 111 Å². The molecule has 98 valence electrons. The highest BCUT2D eigenvalue weighted by Gasteiger charge is 2.45. The molecule has 0 bridgehead atoms. The lowest BCUT2D eigenvalue weighted by molar-refractivity contribution is -0.384. The number of halogens is 1. The second-order valence-corrected chi connectivity index (χ2v) is 5.52. The van der Waals surface area contributed by atoms with E-state index < -0.39 is 4.92 Å². The third-order valence-electron chi connectivity index (χ3n) is 3.76. The number of rotatable bonds is 5. The van der Waals surface area contributed by atoms with Gasteiger partial charge in [-0.2, -0.15) is 0 Å². The first-order valence-corrected chi connectivity index (χ1v) is 6.37. The van der Waals surface area contributed by atoms with Gasteiger partial charge in [0.25, 0.3) is 0 Å². The lowest BCUT2D eigenvalue weighted by atomic mass is 9.92. The molecule has 0 unspecified atom stereocenters. The van der Waals surface area contributed by atoms with E-state index in [1.807, 2.05) is 0 Å². The molecule has 0 atom stereocenters. The smallest absolute Gasteiger partial charge is 0.311 e. The average Bonchev–Trinajstić information content (AvgIpc) is 3.07. The van der Waals surface area contributed by atoms with Gasteiger partial charge in [0, 0.05) is 12.6 Å². The van der Waals surface area contributed by atoms with Gasteiger partial charge in [-0.3, -0.25) is 10.1 Å². The number of hydrogen-bond acceptors (Lipinski definition) is 4. The van der Waals surface area contributed by atoms with E-state index in [1.54, 1.807) is 0 Å². The molecule has 1 aromatic heterocycles. The van der Waals surface area contributed by atoms with Crippen molar-refractivity contribution in [1.82, 2.24) is 4.98 Å². The molecule has 2 rings (SSSR count). The van der Waals surface area contributed by atoms with Gasteiger partial charge < -0.3 is 5.32 Å². The molecule has 1 aliphatic carbocycles. The van der Waals surface area contributed by atoms with Crippen LogP contribution < -0.4 is 5.32 Å². The summed E-state index contributed by atoms with van der Waals surface area (Å²) < 4.78 is 0. The van der Waals surface area contributed by atoms with Gasteiger partial charge in [-0.25, -0.2) is 4.98 Å². The predicted octanol–water partition coefficient (Wildman–Crippen LogP) is 3.49. The van der Waals surface area contributed by atoms with Gasteiger partial charge in [0.05, 0.1) is 4.92 Å². The summed E-state index contributed by atoms with van der Waals surface area (Å²) in [5.74, 6) is 0.822. The third-order valence-corrected chi connectivity index (χ3v) is 3.97. The highest BCUT2D eigenvalue weighted by molar-refractivity contribution is 6.29. The molecule has 0 radical (unpaired) electrons. The van der Waals surface area contributed by atoms with E-state index >= 15 is 0 Å². The topological polar surface area (TPSA) is 68.1 Å². The zero-order chi connectivity index (χ0) is 13.3. The van der Waals surface area contributed by atoms with Crippen molar-refractivity contribution in [3.63, 3.8) is 0 Å². The maximum absolute atomic E-state index is 10.9. The second-order valence-electron chi connectivity index (χ2n) is 5.13. The Morgan fingerprint density at radius 3 is 2.72 bits per heavy atom. The van der Waals surface area contributed by atoms with Crippen LogP contribution in [-0.2, 0) is 0 Å². The molecule has 0 aromatic carbocycles. The van der Waals surface area contributed by atoms with Crippen molar-refractivity contribution in [2.75, 3.05) is 11.9 Å². The standard InChI is InChI=1S/C12H16ClN3O2/c1-8(2)12(5-6-12)7-14-11-9(16(17)18)3-4-10(13)15-11/h3-4,8H,5-7H2,1-2H3,(H,14,15). The van der Waals surface area contributed by atoms with Crippen LogP contribution in [0.4, 0.5) is 11.5 Å². The van der Waals surface area contributed by atoms with Crippen molar-refractivity contribution in [1.29, 1.82) is 0 Å². The molecule has 5 nitrogen and oxygen atoms in total. The van der Waals surface area contributed by atoms with Gasteiger partial charge in [0.2, 0.25) is 5.82 Å². The van der Waals surface area contributed by atoms with E-state index in [2.05, 4.69) is 24.1 Å². The summed E-state index contributed by atoms with van der Waals surface area (Å²) in [5.41, 5.74) is 0.233. The summed E-state index contributed by atoms with van der Waals surface area (Å²) in [6.45, 7) is 5.06. The van der Waals surface area contributed by atoms with Gasteiger partial charge in [0.1, 0.15) is 5.15 Å². The van der Waals surface area contributed by atoms with Crippen LogP contribution >= 0.6 is 11.6 Å². The van der Waals surface area contributed by atoms with E-state index in [1.165, 1.54) is 12.1 Å².